The van der Waals surface area contributed by atoms with Crippen molar-refractivity contribution in [3.05, 3.63) is 130 Å². The molecule has 4 aromatic rings. The summed E-state index contributed by atoms with van der Waals surface area (Å²) in [5.74, 6) is -0.894. The molecule has 1 unspecified atom stereocenters. The maximum atomic E-state index is 14.6. The molecule has 0 aromatic heterocycles. The molecule has 0 heterocycles. The number of rotatable bonds is 11. The number of carbonyl (C=O) groups is 2. The number of hydrogen-bond acceptors (Lipinski definition) is 4. The minimum atomic E-state index is -4.18. The van der Waals surface area contributed by atoms with Crippen LogP contribution >= 0.6 is 11.6 Å². The van der Waals surface area contributed by atoms with Gasteiger partial charge in [-0.15, -0.1) is 0 Å². The lowest BCUT2D eigenvalue weighted by molar-refractivity contribution is -0.140. The van der Waals surface area contributed by atoms with Crippen LogP contribution in [0.5, 0.6) is 0 Å². The summed E-state index contributed by atoms with van der Waals surface area (Å²) in [5.41, 5.74) is 2.89. The van der Waals surface area contributed by atoms with Crippen molar-refractivity contribution in [2.24, 2.45) is 0 Å². The van der Waals surface area contributed by atoms with Crippen molar-refractivity contribution in [3.8, 4) is 0 Å². The van der Waals surface area contributed by atoms with Crippen molar-refractivity contribution >= 4 is 39.1 Å². The van der Waals surface area contributed by atoms with Crippen LogP contribution < -0.4 is 9.62 Å². The molecule has 0 fully saturated rings. The van der Waals surface area contributed by atoms with E-state index in [9.17, 15) is 18.0 Å². The molecule has 9 heteroatoms. The van der Waals surface area contributed by atoms with E-state index in [1.54, 1.807) is 55.5 Å². The van der Waals surface area contributed by atoms with E-state index in [-0.39, 0.29) is 23.8 Å². The number of halogens is 1. The first-order valence-corrected chi connectivity index (χ1v) is 16.6. The lowest BCUT2D eigenvalue weighted by atomic mass is 10.0. The Kier molecular flexibility index (Phi) is 10.7. The van der Waals surface area contributed by atoms with Crippen LogP contribution in [0.2, 0.25) is 5.02 Å². The average Bonchev–Trinajstić information content (AvgIpc) is 2.98. The second kappa shape index (κ2) is 14.3. The fourth-order valence-electron chi connectivity index (χ4n) is 5.01. The van der Waals surface area contributed by atoms with Gasteiger partial charge in [-0.1, -0.05) is 96.0 Å². The van der Waals surface area contributed by atoms with Gasteiger partial charge >= 0.3 is 0 Å². The Balaban J connectivity index is 1.84. The fourth-order valence-corrected chi connectivity index (χ4v) is 6.69. The smallest absolute Gasteiger partial charge is 0.264 e. The molecule has 0 saturated carbocycles. The minimum Gasteiger partial charge on any atom is -0.350 e. The molecule has 7 nitrogen and oxygen atoms in total. The number of sulfonamides is 1. The van der Waals surface area contributed by atoms with E-state index in [1.165, 1.54) is 17.0 Å². The van der Waals surface area contributed by atoms with Gasteiger partial charge in [0.2, 0.25) is 11.8 Å². The molecule has 236 valence electrons. The summed E-state index contributed by atoms with van der Waals surface area (Å²) in [6.07, 6.45) is 0.216. The Hall–Kier alpha value is -4.14. The lowest BCUT2D eigenvalue weighted by Crippen LogP contribution is -2.56. The number of hydrogen-bond donors (Lipinski definition) is 1. The zero-order chi connectivity index (χ0) is 32.8. The van der Waals surface area contributed by atoms with Crippen molar-refractivity contribution in [1.82, 2.24) is 10.2 Å². The standard InChI is InChI=1S/C36H40ClN3O4S/c1-26-19-21-30(22-20-26)45(43,44)40(32-18-12-9-13-27(32)2)25-34(41)39(24-29-16-10-11-17-31(29)37)33(35(42)38-36(3,4)5)23-28-14-7-6-8-15-28/h6-22,33H,23-25H2,1-5H3,(H,38,42). The summed E-state index contributed by atoms with van der Waals surface area (Å²) in [4.78, 5) is 30.1. The monoisotopic (exact) mass is 645 g/mol. The van der Waals surface area contributed by atoms with Gasteiger partial charge in [-0.25, -0.2) is 8.42 Å². The molecule has 0 radical (unpaired) electrons. The SMILES string of the molecule is Cc1ccc(S(=O)(=O)N(CC(=O)N(Cc2ccccc2Cl)C(Cc2ccccc2)C(=O)NC(C)(C)C)c2ccccc2C)cc1. The number of benzene rings is 4. The third-order valence-corrected chi connectivity index (χ3v) is 9.48. The first kappa shape index (κ1) is 33.7. The zero-order valence-electron chi connectivity index (χ0n) is 26.3. The van der Waals surface area contributed by atoms with Crippen molar-refractivity contribution in [1.29, 1.82) is 0 Å². The van der Waals surface area contributed by atoms with Gasteiger partial charge in [0.1, 0.15) is 12.6 Å². The molecule has 2 amide bonds. The molecule has 0 aliphatic rings. The lowest BCUT2D eigenvalue weighted by Gasteiger charge is -2.35. The number of amides is 2. The van der Waals surface area contributed by atoms with Crippen molar-refractivity contribution in [2.45, 2.75) is 64.1 Å². The van der Waals surface area contributed by atoms with Crippen molar-refractivity contribution < 1.29 is 18.0 Å². The molecular formula is C36H40ClN3O4S. The Morgan fingerprint density at radius 1 is 0.822 bits per heavy atom. The largest absolute Gasteiger partial charge is 0.350 e. The number of carbonyl (C=O) groups excluding carboxylic acids is 2. The quantitative estimate of drug-likeness (QED) is 0.197. The summed E-state index contributed by atoms with van der Waals surface area (Å²) >= 11 is 6.57. The highest BCUT2D eigenvalue weighted by molar-refractivity contribution is 7.92. The van der Waals surface area contributed by atoms with Crippen LogP contribution in [0.15, 0.2) is 108 Å². The number of para-hydroxylation sites is 1. The fraction of sp³-hybridized carbons (Fsp3) is 0.278. The first-order chi connectivity index (χ1) is 21.3. The second-order valence-corrected chi connectivity index (χ2v) is 14.4. The predicted molar refractivity (Wildman–Crippen MR) is 181 cm³/mol. The summed E-state index contributed by atoms with van der Waals surface area (Å²) < 4.78 is 29.5. The molecule has 0 bridgehead atoms. The normalized spacial score (nSPS) is 12.3. The topological polar surface area (TPSA) is 86.8 Å². The summed E-state index contributed by atoms with van der Waals surface area (Å²) in [6, 6.07) is 29.2. The molecule has 4 rings (SSSR count). The van der Waals surface area contributed by atoms with Crippen molar-refractivity contribution in [2.75, 3.05) is 10.8 Å². The van der Waals surface area contributed by atoms with Crippen LogP contribution in [0.25, 0.3) is 0 Å². The summed E-state index contributed by atoms with van der Waals surface area (Å²) in [5, 5.41) is 3.47. The zero-order valence-corrected chi connectivity index (χ0v) is 27.9. The van der Waals surface area contributed by atoms with E-state index in [1.807, 2.05) is 70.2 Å². The minimum absolute atomic E-state index is 0.000237. The van der Waals surface area contributed by atoms with Gasteiger partial charge in [0, 0.05) is 23.5 Å². The third kappa shape index (κ3) is 8.74. The summed E-state index contributed by atoms with van der Waals surface area (Å²) in [7, 11) is -4.18. The van der Waals surface area contributed by atoms with E-state index >= 15 is 0 Å². The molecule has 0 saturated heterocycles. The molecule has 1 atom stereocenters. The molecule has 0 aliphatic heterocycles. The van der Waals surface area contributed by atoms with E-state index in [0.29, 0.717) is 21.8 Å². The molecule has 1 N–H and O–H groups in total. The van der Waals surface area contributed by atoms with Gasteiger partial charge in [-0.05, 0) is 75.6 Å². The van der Waals surface area contributed by atoms with E-state index in [0.717, 1.165) is 15.4 Å². The highest BCUT2D eigenvalue weighted by Crippen LogP contribution is 2.28. The van der Waals surface area contributed by atoms with Gasteiger partial charge in [-0.2, -0.15) is 0 Å². The highest BCUT2D eigenvalue weighted by Gasteiger charge is 2.36. The van der Waals surface area contributed by atoms with Crippen LogP contribution in [0.1, 0.15) is 43.0 Å². The third-order valence-electron chi connectivity index (χ3n) is 7.34. The predicted octanol–water partition coefficient (Wildman–Crippen LogP) is 6.71. The van der Waals surface area contributed by atoms with Gasteiger partial charge in [0.05, 0.1) is 10.6 Å². The Morgan fingerprint density at radius 3 is 2.04 bits per heavy atom. The average molecular weight is 646 g/mol. The van der Waals surface area contributed by atoms with E-state index in [4.69, 9.17) is 11.6 Å². The van der Waals surface area contributed by atoms with Crippen LogP contribution in [0.3, 0.4) is 0 Å². The van der Waals surface area contributed by atoms with Gasteiger partial charge in [-0.3, -0.25) is 13.9 Å². The van der Waals surface area contributed by atoms with Crippen LogP contribution in [0, 0.1) is 13.8 Å². The van der Waals surface area contributed by atoms with E-state index in [2.05, 4.69) is 5.32 Å². The Labute approximate surface area is 271 Å². The number of aryl methyl sites for hydroxylation is 2. The van der Waals surface area contributed by atoms with Gasteiger partial charge in [0.15, 0.2) is 0 Å². The maximum absolute atomic E-state index is 14.6. The molecule has 0 aliphatic carbocycles. The molecule has 0 spiro atoms. The maximum Gasteiger partial charge on any atom is 0.264 e. The van der Waals surface area contributed by atoms with Crippen LogP contribution in [0.4, 0.5) is 5.69 Å². The van der Waals surface area contributed by atoms with Gasteiger partial charge in [0.25, 0.3) is 10.0 Å². The van der Waals surface area contributed by atoms with Crippen LogP contribution in [-0.2, 0) is 32.6 Å². The number of anilines is 1. The van der Waals surface area contributed by atoms with Crippen molar-refractivity contribution in [3.63, 3.8) is 0 Å². The highest BCUT2D eigenvalue weighted by atomic mass is 35.5. The number of nitrogens with one attached hydrogen (secondary N) is 1. The first-order valence-electron chi connectivity index (χ1n) is 14.8. The Morgan fingerprint density at radius 2 is 1.42 bits per heavy atom. The Bertz CT molecular complexity index is 1740. The molecule has 4 aromatic carbocycles. The molecule has 45 heavy (non-hydrogen) atoms. The molecular weight excluding hydrogens is 606 g/mol. The van der Waals surface area contributed by atoms with Crippen LogP contribution in [-0.4, -0.2) is 43.3 Å². The second-order valence-electron chi connectivity index (χ2n) is 12.2. The summed E-state index contributed by atoms with van der Waals surface area (Å²) in [6.45, 7) is 8.77. The van der Waals surface area contributed by atoms with E-state index < -0.39 is 34.1 Å². The van der Waals surface area contributed by atoms with Gasteiger partial charge < -0.3 is 10.2 Å². The number of nitrogens with zero attached hydrogens (tertiary/aromatic N) is 2.